The van der Waals surface area contributed by atoms with Gasteiger partial charge in [-0.2, -0.15) is 4.98 Å². The van der Waals surface area contributed by atoms with Gasteiger partial charge in [0.25, 0.3) is 5.88 Å². The number of halogens is 1. The molecule has 0 unspecified atom stereocenters. The number of hydrogen-bond donors (Lipinski definition) is 2. The van der Waals surface area contributed by atoms with Gasteiger partial charge in [0.15, 0.2) is 11.6 Å². The Balaban J connectivity index is 1.42. The van der Waals surface area contributed by atoms with Crippen LogP contribution >= 0.6 is 11.6 Å². The number of anilines is 3. The number of aromatic nitrogens is 4. The number of nitrogens with zero attached hydrogens (tertiary/aromatic N) is 4. The molecule has 9 nitrogen and oxygen atoms in total. The number of nitrogens with one attached hydrogen (secondary N) is 2. The highest BCUT2D eigenvalue weighted by Crippen LogP contribution is 2.42. The van der Waals surface area contributed by atoms with Gasteiger partial charge >= 0.3 is 0 Å². The summed E-state index contributed by atoms with van der Waals surface area (Å²) < 4.78 is 19.8. The minimum absolute atomic E-state index is 0.280. The molecule has 0 radical (unpaired) electrons. The topological polar surface area (TPSA) is 95.4 Å². The second-order valence-electron chi connectivity index (χ2n) is 7.69. The lowest BCUT2D eigenvalue weighted by molar-refractivity contribution is -0.181. The van der Waals surface area contributed by atoms with Gasteiger partial charge in [0.2, 0.25) is 5.95 Å². The quantitative estimate of drug-likeness (QED) is 0.724. The van der Waals surface area contributed by atoms with E-state index >= 15 is 0 Å². The third-order valence-corrected chi connectivity index (χ3v) is 6.10. The van der Waals surface area contributed by atoms with Crippen LogP contribution in [0.2, 0.25) is 5.02 Å². The van der Waals surface area contributed by atoms with Gasteiger partial charge in [0.05, 0.1) is 37.8 Å². The molecule has 2 aromatic heterocycles. The number of hydrogen-bond acceptors (Lipinski definition) is 8. The summed E-state index contributed by atoms with van der Waals surface area (Å²) >= 11 is 6.20. The highest BCUT2D eigenvalue weighted by Gasteiger charge is 2.41. The summed E-state index contributed by atoms with van der Waals surface area (Å²) in [5.74, 6) is 1.28. The zero-order chi connectivity index (χ0) is 19.8. The van der Waals surface area contributed by atoms with Gasteiger partial charge in [0.1, 0.15) is 10.7 Å². The third-order valence-electron chi connectivity index (χ3n) is 5.83. The van der Waals surface area contributed by atoms with E-state index in [1.165, 1.54) is 0 Å². The van der Waals surface area contributed by atoms with Crippen LogP contribution in [0.15, 0.2) is 6.20 Å². The molecule has 10 heteroatoms. The molecule has 29 heavy (non-hydrogen) atoms. The number of fused-ring (bicyclic) bond motifs is 3. The van der Waals surface area contributed by atoms with Gasteiger partial charge in [-0.05, 0) is 26.2 Å². The predicted molar refractivity (Wildman–Crippen MR) is 108 cm³/mol. The van der Waals surface area contributed by atoms with Crippen LogP contribution < -0.4 is 15.4 Å². The first-order chi connectivity index (χ1) is 14.1. The van der Waals surface area contributed by atoms with E-state index in [1.807, 2.05) is 6.92 Å². The molecule has 0 atom stereocenters. The highest BCUT2D eigenvalue weighted by molar-refractivity contribution is 6.32. The zero-order valence-electron chi connectivity index (χ0n) is 16.4. The Morgan fingerprint density at radius 2 is 2.00 bits per heavy atom. The largest absolute Gasteiger partial charge is 0.475 e. The average Bonchev–Trinajstić information content (AvgIpc) is 3.29. The van der Waals surface area contributed by atoms with Gasteiger partial charge in [-0.25, -0.2) is 4.98 Å². The molecular weight excluding hydrogens is 396 g/mol. The van der Waals surface area contributed by atoms with E-state index in [4.69, 9.17) is 30.9 Å². The molecule has 156 valence electrons. The van der Waals surface area contributed by atoms with Crippen molar-refractivity contribution in [2.75, 3.05) is 37.0 Å². The summed E-state index contributed by atoms with van der Waals surface area (Å²) in [6.07, 6.45) is 6.07. The molecule has 1 saturated carbocycles. The van der Waals surface area contributed by atoms with E-state index in [0.29, 0.717) is 49.0 Å². The lowest BCUT2D eigenvalue weighted by atomic mass is 9.90. The van der Waals surface area contributed by atoms with E-state index in [2.05, 4.69) is 25.3 Å². The Bertz CT molecular complexity index is 888. The molecule has 5 rings (SSSR count). The van der Waals surface area contributed by atoms with Crippen LogP contribution in [0.3, 0.4) is 0 Å². The van der Waals surface area contributed by atoms with Gasteiger partial charge in [0, 0.05) is 19.4 Å². The Kier molecular flexibility index (Phi) is 4.97. The fourth-order valence-electron chi connectivity index (χ4n) is 4.28. The van der Waals surface area contributed by atoms with Crippen molar-refractivity contribution < 1.29 is 14.2 Å². The van der Waals surface area contributed by atoms with Crippen LogP contribution in [0.1, 0.15) is 43.8 Å². The molecule has 1 aliphatic carbocycles. The van der Waals surface area contributed by atoms with E-state index in [9.17, 15) is 0 Å². The minimum atomic E-state index is -0.379. The Labute approximate surface area is 174 Å². The fraction of sp³-hybridized carbons (Fsp3) is 0.632. The monoisotopic (exact) mass is 420 g/mol. The first-order valence-electron chi connectivity index (χ1n) is 10.2. The molecule has 2 aliphatic heterocycles. The molecule has 1 saturated heterocycles. The molecule has 0 aromatic carbocycles. The lowest BCUT2D eigenvalue weighted by Crippen LogP contribution is -2.36. The molecular formula is C19H25ClN6O3. The van der Waals surface area contributed by atoms with Crippen LogP contribution in [0.4, 0.5) is 17.5 Å². The van der Waals surface area contributed by atoms with Gasteiger partial charge in [-0.15, -0.1) is 5.10 Å². The predicted octanol–water partition coefficient (Wildman–Crippen LogP) is 3.43. The Morgan fingerprint density at radius 1 is 1.21 bits per heavy atom. The number of rotatable bonds is 1. The van der Waals surface area contributed by atoms with Crippen molar-refractivity contribution in [3.63, 3.8) is 0 Å². The normalized spacial score (nSPS) is 21.6. The van der Waals surface area contributed by atoms with E-state index in [0.717, 1.165) is 43.5 Å². The maximum Gasteiger partial charge on any atom is 0.257 e. The number of ether oxygens (including phenoxy) is 3. The van der Waals surface area contributed by atoms with Crippen molar-refractivity contribution in [3.8, 4) is 5.88 Å². The standard InChI is InChI=1S/C19H25ClN6O3/c1-12-15-17(25-26(12)13-3-5-19(6-4-13)28-9-10-29-19)27-8-2-7-21-16-14(20)11-22-18(23-15)24-16/h11,13H,2-10H2,1H3,(H2,21,22,23,24). The maximum atomic E-state index is 6.20. The van der Waals surface area contributed by atoms with E-state index in [1.54, 1.807) is 6.20 Å². The van der Waals surface area contributed by atoms with Gasteiger partial charge < -0.3 is 24.8 Å². The third kappa shape index (κ3) is 3.62. The summed E-state index contributed by atoms with van der Waals surface area (Å²) in [6.45, 7) is 4.68. The van der Waals surface area contributed by atoms with Crippen LogP contribution in [-0.4, -0.2) is 51.9 Å². The first kappa shape index (κ1) is 18.9. The molecule has 0 amide bonds. The minimum Gasteiger partial charge on any atom is -0.475 e. The van der Waals surface area contributed by atoms with Crippen LogP contribution in [-0.2, 0) is 9.47 Å². The van der Waals surface area contributed by atoms with E-state index in [-0.39, 0.29) is 11.8 Å². The van der Waals surface area contributed by atoms with Crippen LogP contribution in [0, 0.1) is 6.92 Å². The lowest BCUT2D eigenvalue weighted by Gasteiger charge is -2.35. The van der Waals surface area contributed by atoms with Crippen molar-refractivity contribution in [1.29, 1.82) is 0 Å². The first-order valence-corrected chi connectivity index (χ1v) is 10.5. The average molecular weight is 421 g/mol. The van der Waals surface area contributed by atoms with Crippen molar-refractivity contribution in [2.45, 2.75) is 50.9 Å². The van der Waals surface area contributed by atoms with Crippen molar-refractivity contribution >= 4 is 29.1 Å². The fourth-order valence-corrected chi connectivity index (χ4v) is 4.43. The van der Waals surface area contributed by atoms with Crippen molar-refractivity contribution in [2.24, 2.45) is 0 Å². The van der Waals surface area contributed by atoms with Crippen LogP contribution in [0.5, 0.6) is 5.88 Å². The van der Waals surface area contributed by atoms with E-state index < -0.39 is 0 Å². The molecule has 1 spiro atoms. The molecule has 2 N–H and O–H groups in total. The zero-order valence-corrected chi connectivity index (χ0v) is 17.2. The summed E-state index contributed by atoms with van der Waals surface area (Å²) in [6, 6.07) is 0.280. The van der Waals surface area contributed by atoms with Gasteiger partial charge in [-0.1, -0.05) is 11.6 Å². The second-order valence-corrected chi connectivity index (χ2v) is 8.10. The Morgan fingerprint density at radius 3 is 2.79 bits per heavy atom. The summed E-state index contributed by atoms with van der Waals surface area (Å²) in [5, 5.41) is 11.8. The maximum absolute atomic E-state index is 6.20. The smallest absolute Gasteiger partial charge is 0.257 e. The van der Waals surface area contributed by atoms with Crippen LogP contribution in [0.25, 0.3) is 0 Å². The summed E-state index contributed by atoms with van der Waals surface area (Å²) in [4.78, 5) is 8.80. The SMILES string of the molecule is Cc1c2c(nn1C1CCC3(CC1)OCCO3)OCCCNc1nc(ncc1Cl)N2. The van der Waals surface area contributed by atoms with Crippen molar-refractivity contribution in [3.05, 3.63) is 16.9 Å². The second kappa shape index (κ2) is 7.62. The van der Waals surface area contributed by atoms with Crippen molar-refractivity contribution in [1.82, 2.24) is 19.7 Å². The highest BCUT2D eigenvalue weighted by atomic mass is 35.5. The van der Waals surface area contributed by atoms with Gasteiger partial charge in [-0.3, -0.25) is 4.68 Å². The molecule has 2 fully saturated rings. The molecule has 2 bridgehead atoms. The summed E-state index contributed by atoms with van der Waals surface area (Å²) in [5.41, 5.74) is 1.80. The molecule has 3 aliphatic rings. The molecule has 2 aromatic rings. The summed E-state index contributed by atoms with van der Waals surface area (Å²) in [7, 11) is 0. The Hall–Kier alpha value is -2.10. The molecule has 4 heterocycles.